The van der Waals surface area contributed by atoms with E-state index in [1.165, 1.54) is 0 Å². The molecule has 1 fully saturated rings. The minimum Gasteiger partial charge on any atom is -0.458 e. The van der Waals surface area contributed by atoms with Gasteiger partial charge in [-0.3, -0.25) is 14.6 Å². The maximum Gasteiger partial charge on any atom is 0.343 e. The van der Waals surface area contributed by atoms with Crippen LogP contribution in [0.4, 0.5) is 0 Å². The van der Waals surface area contributed by atoms with E-state index in [0.717, 1.165) is 54.8 Å². The molecule has 2 aromatic heterocycles. The molecule has 10 nitrogen and oxygen atoms in total. The Morgan fingerprint density at radius 3 is 2.89 bits per heavy atom. The van der Waals surface area contributed by atoms with Crippen molar-refractivity contribution in [2.24, 2.45) is 5.16 Å². The number of cyclic esters (lactones) is 1. The lowest BCUT2D eigenvalue weighted by atomic mass is 9.86. The van der Waals surface area contributed by atoms with E-state index in [-0.39, 0.29) is 18.6 Å². The van der Waals surface area contributed by atoms with Crippen molar-refractivity contribution < 1.29 is 19.5 Å². The standard InChI is InChI=1S/C28H31N5O5/c1-3-28(36)22-13-24-25-20(15-33(24)26(34)21(22)16-37-27(28)35)19(18-7-4-5-8-23(18)30-25)14-29-38-12-11-32-10-6-9-31(2)17-32/h4-5,7-8,13-14,36H,3,6,9-12,15-17H2,1-2H3/b29-14+/t28-/m0/s1. The molecule has 3 aliphatic rings. The lowest BCUT2D eigenvalue weighted by molar-refractivity contribution is -0.172. The van der Waals surface area contributed by atoms with Gasteiger partial charge in [-0.1, -0.05) is 30.3 Å². The number of pyridine rings is 2. The van der Waals surface area contributed by atoms with Crippen LogP contribution in [0, 0.1) is 0 Å². The van der Waals surface area contributed by atoms with Gasteiger partial charge in [0.05, 0.1) is 41.9 Å². The number of carbonyl (C=O) groups is 1. The fourth-order valence-electron chi connectivity index (χ4n) is 5.75. The number of hydrogen-bond donors (Lipinski definition) is 1. The Morgan fingerprint density at radius 1 is 1.24 bits per heavy atom. The van der Waals surface area contributed by atoms with Crippen molar-refractivity contribution in [3.05, 3.63) is 62.9 Å². The monoisotopic (exact) mass is 517 g/mol. The zero-order valence-electron chi connectivity index (χ0n) is 21.6. The predicted octanol–water partition coefficient (Wildman–Crippen LogP) is 2.03. The van der Waals surface area contributed by atoms with Gasteiger partial charge in [0, 0.05) is 41.7 Å². The summed E-state index contributed by atoms with van der Waals surface area (Å²) in [6, 6.07) is 9.47. The van der Waals surface area contributed by atoms with Crippen molar-refractivity contribution in [2.45, 2.75) is 38.5 Å². The van der Waals surface area contributed by atoms with Crippen LogP contribution in [0.15, 0.2) is 40.3 Å². The van der Waals surface area contributed by atoms with Crippen LogP contribution >= 0.6 is 0 Å². The van der Waals surface area contributed by atoms with Gasteiger partial charge in [-0.25, -0.2) is 9.78 Å². The van der Waals surface area contributed by atoms with Gasteiger partial charge >= 0.3 is 5.97 Å². The Hall–Kier alpha value is -3.60. The first kappa shape index (κ1) is 24.7. The Bertz CT molecular complexity index is 1520. The van der Waals surface area contributed by atoms with Gasteiger partial charge in [-0.2, -0.15) is 0 Å². The van der Waals surface area contributed by atoms with Crippen molar-refractivity contribution in [3.8, 4) is 11.4 Å². The van der Waals surface area contributed by atoms with Gasteiger partial charge in [-0.15, -0.1) is 0 Å². The quantitative estimate of drug-likeness (QED) is 0.179. The highest BCUT2D eigenvalue weighted by Crippen LogP contribution is 2.39. The van der Waals surface area contributed by atoms with E-state index in [1.807, 2.05) is 24.3 Å². The van der Waals surface area contributed by atoms with Crippen LogP contribution in [0.1, 0.15) is 42.0 Å². The molecule has 38 heavy (non-hydrogen) atoms. The molecule has 5 heterocycles. The molecule has 10 heteroatoms. The number of esters is 1. The number of ether oxygens (including phenoxy) is 1. The first-order valence-corrected chi connectivity index (χ1v) is 13.1. The van der Waals surface area contributed by atoms with Crippen LogP contribution in [0.3, 0.4) is 0 Å². The number of aromatic nitrogens is 2. The van der Waals surface area contributed by atoms with Crippen LogP contribution < -0.4 is 5.56 Å². The largest absolute Gasteiger partial charge is 0.458 e. The van der Waals surface area contributed by atoms with Crippen LogP contribution in [-0.4, -0.2) is 76.6 Å². The summed E-state index contributed by atoms with van der Waals surface area (Å²) in [6.07, 6.45) is 2.95. The van der Waals surface area contributed by atoms with E-state index in [4.69, 9.17) is 14.6 Å². The second-order valence-corrected chi connectivity index (χ2v) is 10.2. The minimum atomic E-state index is -1.86. The third-order valence-electron chi connectivity index (χ3n) is 7.85. The first-order chi connectivity index (χ1) is 18.4. The zero-order chi connectivity index (χ0) is 26.4. The molecule has 0 unspecified atom stereocenters. The van der Waals surface area contributed by atoms with Crippen molar-refractivity contribution in [1.82, 2.24) is 19.4 Å². The summed E-state index contributed by atoms with van der Waals surface area (Å²) in [7, 11) is 2.12. The van der Waals surface area contributed by atoms with Crippen molar-refractivity contribution in [3.63, 3.8) is 0 Å². The fourth-order valence-corrected chi connectivity index (χ4v) is 5.75. The van der Waals surface area contributed by atoms with E-state index in [1.54, 1.807) is 23.8 Å². The summed E-state index contributed by atoms with van der Waals surface area (Å²) in [4.78, 5) is 41.1. The summed E-state index contributed by atoms with van der Waals surface area (Å²) < 4.78 is 6.81. The highest BCUT2D eigenvalue weighted by atomic mass is 16.6. The molecule has 0 aliphatic carbocycles. The Balaban J connectivity index is 1.36. The Labute approximate surface area is 220 Å². The van der Waals surface area contributed by atoms with E-state index < -0.39 is 11.6 Å². The number of nitrogens with zero attached hydrogens (tertiary/aromatic N) is 5. The molecule has 1 aromatic carbocycles. The van der Waals surface area contributed by atoms with Gasteiger partial charge in [0.1, 0.15) is 13.2 Å². The molecule has 6 rings (SSSR count). The Morgan fingerprint density at radius 2 is 2.08 bits per heavy atom. The molecule has 0 spiro atoms. The minimum absolute atomic E-state index is 0.0999. The third-order valence-corrected chi connectivity index (χ3v) is 7.85. The molecule has 0 radical (unpaired) electrons. The molecule has 1 atom stereocenters. The van der Waals surface area contributed by atoms with Crippen molar-refractivity contribution in [1.29, 1.82) is 0 Å². The summed E-state index contributed by atoms with van der Waals surface area (Å²) in [5.41, 5.74) is 2.11. The van der Waals surface area contributed by atoms with Crippen LogP contribution in [-0.2, 0) is 33.1 Å². The maximum absolute atomic E-state index is 13.5. The lowest BCUT2D eigenvalue weighted by Gasteiger charge is -2.32. The van der Waals surface area contributed by atoms with Gasteiger partial charge < -0.3 is 19.2 Å². The number of oxime groups is 1. The van der Waals surface area contributed by atoms with Crippen LogP contribution in [0.25, 0.3) is 22.3 Å². The second-order valence-electron chi connectivity index (χ2n) is 10.2. The summed E-state index contributed by atoms with van der Waals surface area (Å²) in [6.45, 7) is 6.21. The molecule has 0 bridgehead atoms. The SMILES string of the molecule is CC[C@@]1(O)C(=O)OCc2c1cc1n(c2=O)Cc2c-1nc1ccccc1c2/C=N/OCCN1CCCN(C)C1. The number of fused-ring (bicyclic) bond motifs is 5. The number of aliphatic hydroxyl groups is 1. The molecule has 1 N–H and O–H groups in total. The molecule has 3 aromatic rings. The highest BCUT2D eigenvalue weighted by Gasteiger charge is 2.45. The topological polar surface area (TPSA) is 109 Å². The first-order valence-electron chi connectivity index (χ1n) is 13.1. The fraction of sp³-hybridized carbons (Fsp3) is 0.429. The predicted molar refractivity (Wildman–Crippen MR) is 142 cm³/mol. The van der Waals surface area contributed by atoms with Gasteiger partial charge in [0.15, 0.2) is 5.60 Å². The highest BCUT2D eigenvalue weighted by molar-refractivity contribution is 6.02. The van der Waals surface area contributed by atoms with E-state index in [0.29, 0.717) is 35.7 Å². The average Bonchev–Trinajstić information content (AvgIpc) is 3.29. The average molecular weight is 518 g/mol. The smallest absolute Gasteiger partial charge is 0.343 e. The number of benzene rings is 1. The van der Waals surface area contributed by atoms with Crippen molar-refractivity contribution >= 4 is 23.1 Å². The molecular formula is C28H31N5O5. The van der Waals surface area contributed by atoms with E-state index >= 15 is 0 Å². The Kier molecular flexibility index (Phi) is 6.25. The molecule has 0 amide bonds. The summed E-state index contributed by atoms with van der Waals surface area (Å²) >= 11 is 0. The molecule has 1 saturated heterocycles. The molecule has 198 valence electrons. The lowest BCUT2D eigenvalue weighted by Crippen LogP contribution is -2.44. The normalized spacial score (nSPS) is 21.4. The number of para-hydroxylation sites is 1. The summed E-state index contributed by atoms with van der Waals surface area (Å²) in [5.74, 6) is -0.734. The molecule has 3 aliphatic heterocycles. The number of rotatable bonds is 6. The second kappa shape index (κ2) is 9.61. The van der Waals surface area contributed by atoms with E-state index in [2.05, 4.69) is 22.0 Å². The van der Waals surface area contributed by atoms with Gasteiger partial charge in [0.2, 0.25) is 0 Å². The summed E-state index contributed by atoms with van der Waals surface area (Å²) in [5, 5.41) is 16.3. The van der Waals surface area contributed by atoms with Crippen molar-refractivity contribution in [2.75, 3.05) is 40.0 Å². The van der Waals surface area contributed by atoms with Crippen LogP contribution in [0.5, 0.6) is 0 Å². The molecule has 0 saturated carbocycles. The number of carbonyl (C=O) groups excluding carboxylic acids is 1. The van der Waals surface area contributed by atoms with Gasteiger partial charge in [-0.05, 0) is 32.0 Å². The third kappa shape index (κ3) is 4.00. The zero-order valence-corrected chi connectivity index (χ0v) is 21.6. The molecular weight excluding hydrogens is 486 g/mol. The van der Waals surface area contributed by atoms with Crippen LogP contribution in [0.2, 0.25) is 0 Å². The van der Waals surface area contributed by atoms with Gasteiger partial charge in [0.25, 0.3) is 5.56 Å². The maximum atomic E-state index is 13.5. The number of hydrogen-bond acceptors (Lipinski definition) is 9. The van der Waals surface area contributed by atoms with E-state index in [9.17, 15) is 14.7 Å².